The van der Waals surface area contributed by atoms with Crippen molar-refractivity contribution in [1.82, 2.24) is 5.32 Å². The van der Waals surface area contributed by atoms with Crippen LogP contribution in [-0.4, -0.2) is 32.9 Å². The molecule has 0 aromatic heterocycles. The molecule has 0 aliphatic heterocycles. The molecule has 2 amide bonds. The number of rotatable bonds is 6. The van der Waals surface area contributed by atoms with Crippen molar-refractivity contribution in [2.24, 2.45) is 5.73 Å². The highest BCUT2D eigenvalue weighted by Crippen LogP contribution is 2.02. The smallest absolute Gasteiger partial charge is 0.326 e. The Bertz CT molecular complexity index is 267. The van der Waals surface area contributed by atoms with Gasteiger partial charge in [0.2, 0.25) is 11.8 Å². The number of halogens is 1. The topological polar surface area (TPSA) is 109 Å². The van der Waals surface area contributed by atoms with E-state index in [0.717, 1.165) is 0 Å². The molecule has 86 valence electrons. The first-order chi connectivity index (χ1) is 6.84. The molecule has 0 fully saturated rings. The van der Waals surface area contributed by atoms with E-state index < -0.39 is 17.9 Å². The molecule has 0 aliphatic carbocycles. The van der Waals surface area contributed by atoms with E-state index in [1.165, 1.54) is 0 Å². The van der Waals surface area contributed by atoms with Gasteiger partial charge in [-0.05, 0) is 13.3 Å². The third-order valence-corrected chi connectivity index (χ3v) is 2.22. The lowest BCUT2D eigenvalue weighted by Gasteiger charge is -2.14. The number of nitrogens with two attached hydrogens (primary N) is 1. The minimum Gasteiger partial charge on any atom is -0.480 e. The number of primary amides is 1. The van der Waals surface area contributed by atoms with Crippen molar-refractivity contribution in [2.75, 3.05) is 0 Å². The molecule has 0 saturated heterocycles. The summed E-state index contributed by atoms with van der Waals surface area (Å²) in [6, 6.07) is -1.05. The van der Waals surface area contributed by atoms with Crippen LogP contribution in [0.1, 0.15) is 19.8 Å². The highest BCUT2D eigenvalue weighted by Gasteiger charge is 2.21. The van der Waals surface area contributed by atoms with E-state index in [-0.39, 0.29) is 22.7 Å². The summed E-state index contributed by atoms with van der Waals surface area (Å²) in [5.74, 6) is -2.12. The highest BCUT2D eigenvalue weighted by molar-refractivity contribution is 14.1. The van der Waals surface area contributed by atoms with Gasteiger partial charge in [-0.1, -0.05) is 22.6 Å². The minimum atomic E-state index is -1.17. The fourth-order valence-electron chi connectivity index (χ4n) is 0.831. The number of hydrogen-bond acceptors (Lipinski definition) is 3. The summed E-state index contributed by atoms with van der Waals surface area (Å²) in [6.07, 6.45) is -0.0490. The van der Waals surface area contributed by atoms with Gasteiger partial charge in [-0.25, -0.2) is 4.79 Å². The van der Waals surface area contributed by atoms with Gasteiger partial charge in [0.25, 0.3) is 0 Å². The van der Waals surface area contributed by atoms with Crippen molar-refractivity contribution in [3.63, 3.8) is 0 Å². The van der Waals surface area contributed by atoms with Crippen LogP contribution in [-0.2, 0) is 14.4 Å². The first-order valence-corrected chi connectivity index (χ1v) is 5.54. The van der Waals surface area contributed by atoms with Gasteiger partial charge in [0, 0.05) is 6.42 Å². The number of carbonyl (C=O) groups is 3. The molecule has 0 spiro atoms. The second-order valence-corrected chi connectivity index (χ2v) is 4.89. The zero-order valence-electron chi connectivity index (χ0n) is 8.20. The minimum absolute atomic E-state index is 0.0137. The monoisotopic (exact) mass is 328 g/mol. The van der Waals surface area contributed by atoms with Crippen LogP contribution in [0.15, 0.2) is 0 Å². The lowest BCUT2D eigenvalue weighted by Crippen LogP contribution is -2.43. The molecule has 0 bridgehead atoms. The Kier molecular flexibility index (Phi) is 6.21. The van der Waals surface area contributed by atoms with Crippen LogP contribution in [0.4, 0.5) is 0 Å². The number of carboxylic acids is 1. The highest BCUT2D eigenvalue weighted by atomic mass is 127. The maximum Gasteiger partial charge on any atom is 0.326 e. The number of amides is 2. The number of nitrogens with one attached hydrogen (secondary N) is 1. The Balaban J connectivity index is 4.22. The molecule has 4 N–H and O–H groups in total. The summed E-state index contributed by atoms with van der Waals surface area (Å²) in [5.41, 5.74) is 4.89. The maximum atomic E-state index is 11.2. The SMILES string of the molecule is C[C@@H](I)C(=O)N[C@@H](CCC(N)=O)C(=O)O. The maximum absolute atomic E-state index is 11.2. The van der Waals surface area contributed by atoms with Crippen molar-refractivity contribution < 1.29 is 19.5 Å². The molecule has 7 heteroatoms. The Hall–Kier alpha value is -0.860. The van der Waals surface area contributed by atoms with Crippen molar-refractivity contribution in [3.8, 4) is 0 Å². The molecular formula is C8H13IN2O4. The van der Waals surface area contributed by atoms with Gasteiger partial charge in [-0.3, -0.25) is 9.59 Å². The van der Waals surface area contributed by atoms with Gasteiger partial charge in [0.1, 0.15) is 6.04 Å². The molecule has 2 atom stereocenters. The molecule has 0 aromatic rings. The van der Waals surface area contributed by atoms with Crippen LogP contribution in [0.25, 0.3) is 0 Å². The fraction of sp³-hybridized carbons (Fsp3) is 0.625. The normalized spacial score (nSPS) is 14.0. The third-order valence-electron chi connectivity index (χ3n) is 1.66. The zero-order valence-corrected chi connectivity index (χ0v) is 10.4. The predicted octanol–water partition coefficient (Wildman–Crippen LogP) is -0.355. The van der Waals surface area contributed by atoms with Crippen LogP contribution in [0.5, 0.6) is 0 Å². The van der Waals surface area contributed by atoms with E-state index in [4.69, 9.17) is 10.8 Å². The molecule has 6 nitrogen and oxygen atoms in total. The van der Waals surface area contributed by atoms with Gasteiger partial charge < -0.3 is 16.2 Å². The molecule has 0 unspecified atom stereocenters. The van der Waals surface area contributed by atoms with Gasteiger partial charge in [0.05, 0.1) is 3.92 Å². The van der Waals surface area contributed by atoms with Crippen molar-refractivity contribution in [3.05, 3.63) is 0 Å². The van der Waals surface area contributed by atoms with Crippen LogP contribution in [0.2, 0.25) is 0 Å². The Labute approximate surface area is 101 Å². The summed E-state index contributed by atoms with van der Waals surface area (Å²) in [5, 5.41) is 11.1. The quantitative estimate of drug-likeness (QED) is 0.457. The lowest BCUT2D eigenvalue weighted by atomic mass is 10.1. The molecule has 0 rings (SSSR count). The van der Waals surface area contributed by atoms with E-state index in [9.17, 15) is 14.4 Å². The molecule has 0 heterocycles. The zero-order chi connectivity index (χ0) is 12.0. The van der Waals surface area contributed by atoms with Crippen LogP contribution in [0, 0.1) is 0 Å². The molecular weight excluding hydrogens is 315 g/mol. The van der Waals surface area contributed by atoms with Crippen molar-refractivity contribution in [2.45, 2.75) is 29.7 Å². The summed E-state index contributed by atoms with van der Waals surface area (Å²) in [6.45, 7) is 1.64. The summed E-state index contributed by atoms with van der Waals surface area (Å²) in [7, 11) is 0. The average molecular weight is 328 g/mol. The van der Waals surface area contributed by atoms with E-state index in [0.29, 0.717) is 0 Å². The number of hydrogen-bond donors (Lipinski definition) is 3. The first-order valence-electron chi connectivity index (χ1n) is 4.30. The Morgan fingerprint density at radius 2 is 2.00 bits per heavy atom. The lowest BCUT2D eigenvalue weighted by molar-refractivity contribution is -0.142. The van der Waals surface area contributed by atoms with E-state index in [2.05, 4.69) is 5.32 Å². The summed E-state index contributed by atoms with van der Waals surface area (Å²) >= 11 is 1.87. The van der Waals surface area contributed by atoms with E-state index in [1.807, 2.05) is 22.6 Å². The molecule has 0 aliphatic rings. The number of alkyl halides is 1. The molecule has 0 saturated carbocycles. The van der Waals surface area contributed by atoms with Crippen LogP contribution >= 0.6 is 22.6 Å². The van der Waals surface area contributed by atoms with Gasteiger partial charge >= 0.3 is 5.97 Å². The summed E-state index contributed by atoms with van der Waals surface area (Å²) < 4.78 is -0.321. The molecule has 0 aromatic carbocycles. The second kappa shape index (κ2) is 6.59. The van der Waals surface area contributed by atoms with E-state index >= 15 is 0 Å². The first kappa shape index (κ1) is 14.1. The number of carboxylic acid groups (broad SMARTS) is 1. The second-order valence-electron chi connectivity index (χ2n) is 3.02. The van der Waals surface area contributed by atoms with Gasteiger partial charge in [-0.15, -0.1) is 0 Å². The van der Waals surface area contributed by atoms with Crippen LogP contribution < -0.4 is 11.1 Å². The predicted molar refractivity (Wildman–Crippen MR) is 61.5 cm³/mol. The van der Waals surface area contributed by atoms with Gasteiger partial charge in [-0.2, -0.15) is 0 Å². The van der Waals surface area contributed by atoms with E-state index in [1.54, 1.807) is 6.92 Å². The summed E-state index contributed by atoms with van der Waals surface area (Å²) in [4.78, 5) is 32.4. The van der Waals surface area contributed by atoms with Crippen molar-refractivity contribution in [1.29, 1.82) is 0 Å². The largest absolute Gasteiger partial charge is 0.480 e. The van der Waals surface area contributed by atoms with Gasteiger partial charge in [0.15, 0.2) is 0 Å². The fourth-order valence-corrected chi connectivity index (χ4v) is 1.01. The van der Waals surface area contributed by atoms with Crippen LogP contribution in [0.3, 0.4) is 0 Å². The Morgan fingerprint density at radius 1 is 1.47 bits per heavy atom. The molecule has 0 radical (unpaired) electrons. The van der Waals surface area contributed by atoms with Crippen molar-refractivity contribution >= 4 is 40.4 Å². The molecule has 15 heavy (non-hydrogen) atoms. The third kappa shape index (κ3) is 6.26. The average Bonchev–Trinajstić information content (AvgIpc) is 2.10. The number of aliphatic carboxylic acids is 1. The number of carbonyl (C=O) groups excluding carboxylic acids is 2. The Morgan fingerprint density at radius 3 is 2.33 bits per heavy atom. The standard InChI is InChI=1S/C8H13IN2O4/c1-4(9)7(13)11-5(8(14)15)2-3-6(10)12/h4-5H,2-3H2,1H3,(H2,10,12)(H,11,13)(H,14,15)/t4-,5+/m1/s1.